The van der Waals surface area contributed by atoms with Crippen LogP contribution in [0.3, 0.4) is 0 Å². The number of carbonyl (C=O) groups excluding carboxylic acids is 4. The minimum absolute atomic E-state index is 0.0461. The highest BCUT2D eigenvalue weighted by molar-refractivity contribution is 14.1. The number of nitrogens with one attached hydrogen (secondary N) is 1. The molecule has 0 bridgehead atoms. The van der Waals surface area contributed by atoms with Crippen molar-refractivity contribution in [3.8, 4) is 5.75 Å². The Morgan fingerprint density at radius 2 is 1.51 bits per heavy atom. The summed E-state index contributed by atoms with van der Waals surface area (Å²) in [6, 6.07) is 29.6. The lowest BCUT2D eigenvalue weighted by Gasteiger charge is -2.50. The Hall–Kier alpha value is -4.77. The van der Waals surface area contributed by atoms with E-state index in [9.17, 15) is 19.5 Å². The number of phenols is 1. The van der Waals surface area contributed by atoms with Crippen LogP contribution in [0, 0.1) is 41.1 Å². The van der Waals surface area contributed by atoms with Gasteiger partial charge < -0.3 is 5.11 Å². The van der Waals surface area contributed by atoms with Crippen molar-refractivity contribution >= 4 is 57.6 Å². The molecular formula is C40H34IN3O5. The van der Waals surface area contributed by atoms with Crippen LogP contribution in [-0.4, -0.2) is 33.7 Å². The van der Waals surface area contributed by atoms with E-state index in [4.69, 9.17) is 0 Å². The molecule has 0 unspecified atom stereocenters. The number of para-hydroxylation sites is 1. The van der Waals surface area contributed by atoms with Crippen LogP contribution in [0.1, 0.15) is 41.0 Å². The van der Waals surface area contributed by atoms with Crippen molar-refractivity contribution in [3.05, 3.63) is 135 Å². The van der Waals surface area contributed by atoms with Crippen molar-refractivity contribution in [1.82, 2.24) is 5.01 Å². The largest absolute Gasteiger partial charge is 0.507 e. The second-order valence-corrected chi connectivity index (χ2v) is 14.8. The second kappa shape index (κ2) is 11.7. The molecule has 2 heterocycles. The number of aromatic hydroxyl groups is 1. The predicted molar refractivity (Wildman–Crippen MR) is 193 cm³/mol. The van der Waals surface area contributed by atoms with Gasteiger partial charge in [-0.1, -0.05) is 77.9 Å². The number of fused-ring (bicyclic) bond motifs is 4. The van der Waals surface area contributed by atoms with Crippen molar-refractivity contribution in [3.63, 3.8) is 0 Å². The normalized spacial score (nSPS) is 27.5. The Labute approximate surface area is 297 Å². The average Bonchev–Trinajstić information content (AvgIpc) is 3.49. The molecule has 2 aliphatic heterocycles. The van der Waals surface area contributed by atoms with Crippen LogP contribution in [0.5, 0.6) is 5.75 Å². The molecule has 6 atom stereocenters. The standard InChI is InChI=1S/C40H34IN3O5/c1-22-11-15-26(16-12-22)42-44-37(47)32-21-31-28(19-20-29-33(31)38(48)43(36(29)46)27-17-13-25(41)14-18-27)34(30-10-6-7-23(2)35(30)45)40(32,39(44)49)24-8-4-3-5-9-24/h3-19,29,31-34,42,45H,20-21H2,1-2H3/t29-,31+,32-,33-,34+,40+/m0/s1. The summed E-state index contributed by atoms with van der Waals surface area (Å²) in [5, 5.41) is 12.8. The molecule has 0 aromatic heterocycles. The van der Waals surface area contributed by atoms with Crippen LogP contribution in [0.4, 0.5) is 11.4 Å². The number of phenolic OH excluding ortho intramolecular Hbond substituents is 1. The smallest absolute Gasteiger partial charge is 0.260 e. The van der Waals surface area contributed by atoms with Gasteiger partial charge in [0.15, 0.2) is 0 Å². The van der Waals surface area contributed by atoms with Gasteiger partial charge in [0.2, 0.25) is 11.8 Å². The zero-order valence-electron chi connectivity index (χ0n) is 27.0. The molecule has 8 rings (SSSR count). The summed E-state index contributed by atoms with van der Waals surface area (Å²) >= 11 is 2.19. The first kappa shape index (κ1) is 31.5. The number of halogens is 1. The zero-order valence-corrected chi connectivity index (χ0v) is 29.1. The Kier molecular flexibility index (Phi) is 7.51. The Balaban J connectivity index is 1.33. The summed E-state index contributed by atoms with van der Waals surface area (Å²) in [5.41, 5.74) is 6.46. The molecule has 4 aromatic rings. The fourth-order valence-corrected chi connectivity index (χ4v) is 9.21. The van der Waals surface area contributed by atoms with E-state index < -0.39 is 46.8 Å². The molecule has 0 spiro atoms. The molecule has 1 saturated carbocycles. The summed E-state index contributed by atoms with van der Waals surface area (Å²) < 4.78 is 0.986. The highest BCUT2D eigenvalue weighted by Gasteiger charge is 2.70. The molecule has 49 heavy (non-hydrogen) atoms. The number of benzene rings is 4. The van der Waals surface area contributed by atoms with Gasteiger partial charge in [-0.15, -0.1) is 0 Å². The average molecular weight is 764 g/mol. The van der Waals surface area contributed by atoms with E-state index in [-0.39, 0.29) is 24.0 Å². The predicted octanol–water partition coefficient (Wildman–Crippen LogP) is 6.80. The summed E-state index contributed by atoms with van der Waals surface area (Å²) in [6.45, 7) is 3.77. The van der Waals surface area contributed by atoms with Gasteiger partial charge in [0.1, 0.15) is 5.75 Å². The summed E-state index contributed by atoms with van der Waals surface area (Å²) in [4.78, 5) is 59.7. The first-order valence-electron chi connectivity index (χ1n) is 16.5. The number of rotatable bonds is 5. The first-order chi connectivity index (χ1) is 23.6. The third-order valence-corrected chi connectivity index (χ3v) is 11.8. The van der Waals surface area contributed by atoms with Gasteiger partial charge in [-0.25, -0.2) is 0 Å². The molecule has 2 N–H and O–H groups in total. The van der Waals surface area contributed by atoms with Gasteiger partial charge in [0, 0.05) is 15.1 Å². The zero-order chi connectivity index (χ0) is 34.2. The first-order valence-corrected chi connectivity index (χ1v) is 17.6. The molecule has 4 aliphatic rings. The van der Waals surface area contributed by atoms with Gasteiger partial charge in [-0.05, 0) is 103 Å². The number of nitrogens with zero attached hydrogens (tertiary/aromatic N) is 2. The van der Waals surface area contributed by atoms with Gasteiger partial charge in [0.05, 0.1) is 34.5 Å². The van der Waals surface area contributed by atoms with E-state index in [2.05, 4.69) is 28.0 Å². The molecule has 3 fully saturated rings. The molecule has 0 radical (unpaired) electrons. The maximum atomic E-state index is 15.2. The quantitative estimate of drug-likeness (QED) is 0.132. The van der Waals surface area contributed by atoms with Gasteiger partial charge >= 0.3 is 0 Å². The number of aryl methyl sites for hydroxylation is 2. The van der Waals surface area contributed by atoms with Crippen molar-refractivity contribution in [2.24, 2.45) is 23.7 Å². The van der Waals surface area contributed by atoms with E-state index in [0.717, 1.165) is 19.7 Å². The number of carbonyl (C=O) groups is 4. The number of imide groups is 2. The SMILES string of the molecule is Cc1ccc(NN2C(=O)[C@@H]3C[C@@H]4C(=CC[C@@H]5C(=O)N(c6ccc(I)cc6)C(=O)[C@@H]54)[C@H](c4cccc(C)c4O)[C@]3(c3ccccc3)C2=O)cc1. The van der Waals surface area contributed by atoms with E-state index in [0.29, 0.717) is 34.5 Å². The highest BCUT2D eigenvalue weighted by Crippen LogP contribution is 2.65. The molecule has 9 heteroatoms. The molecule has 8 nitrogen and oxygen atoms in total. The topological polar surface area (TPSA) is 107 Å². The number of anilines is 2. The number of hydrogen-bond acceptors (Lipinski definition) is 6. The van der Waals surface area contributed by atoms with Crippen LogP contribution >= 0.6 is 22.6 Å². The fraction of sp³-hybridized carbons (Fsp3) is 0.250. The summed E-state index contributed by atoms with van der Waals surface area (Å²) in [5.74, 6) is -4.80. The molecular weight excluding hydrogens is 729 g/mol. The van der Waals surface area contributed by atoms with Crippen LogP contribution in [0.25, 0.3) is 0 Å². The van der Waals surface area contributed by atoms with Gasteiger partial charge in [0.25, 0.3) is 11.8 Å². The number of hydrogen-bond donors (Lipinski definition) is 2. The van der Waals surface area contributed by atoms with Crippen LogP contribution in [0.15, 0.2) is 109 Å². The summed E-state index contributed by atoms with van der Waals surface area (Å²) in [7, 11) is 0. The Morgan fingerprint density at radius 3 is 2.22 bits per heavy atom. The highest BCUT2D eigenvalue weighted by atomic mass is 127. The minimum atomic E-state index is -1.43. The third kappa shape index (κ3) is 4.61. The second-order valence-electron chi connectivity index (χ2n) is 13.6. The fourth-order valence-electron chi connectivity index (χ4n) is 8.85. The monoisotopic (exact) mass is 763 g/mol. The lowest BCUT2D eigenvalue weighted by molar-refractivity contribution is -0.138. The molecule has 2 aliphatic carbocycles. The number of hydrazine groups is 1. The number of amides is 4. The summed E-state index contributed by atoms with van der Waals surface area (Å²) in [6.07, 6.45) is 2.52. The van der Waals surface area contributed by atoms with Crippen LogP contribution < -0.4 is 10.3 Å². The minimum Gasteiger partial charge on any atom is -0.507 e. The van der Waals surface area contributed by atoms with E-state index in [1.54, 1.807) is 12.1 Å². The molecule has 4 aromatic carbocycles. The van der Waals surface area contributed by atoms with E-state index in [1.807, 2.05) is 105 Å². The Morgan fingerprint density at radius 1 is 0.796 bits per heavy atom. The lowest BCUT2D eigenvalue weighted by Crippen LogP contribution is -2.53. The van der Waals surface area contributed by atoms with E-state index in [1.165, 1.54) is 4.90 Å². The third-order valence-electron chi connectivity index (χ3n) is 11.1. The van der Waals surface area contributed by atoms with Crippen molar-refractivity contribution < 1.29 is 24.3 Å². The van der Waals surface area contributed by atoms with E-state index >= 15 is 4.79 Å². The van der Waals surface area contributed by atoms with Crippen molar-refractivity contribution in [1.29, 1.82) is 0 Å². The van der Waals surface area contributed by atoms with Crippen molar-refractivity contribution in [2.75, 3.05) is 10.3 Å². The molecule has 4 amide bonds. The van der Waals surface area contributed by atoms with Crippen LogP contribution in [-0.2, 0) is 24.6 Å². The van der Waals surface area contributed by atoms with Crippen molar-refractivity contribution in [2.45, 2.75) is 38.0 Å². The van der Waals surface area contributed by atoms with Gasteiger partial charge in [-0.2, -0.15) is 5.01 Å². The lowest BCUT2D eigenvalue weighted by atomic mass is 9.49. The number of allylic oxidation sites excluding steroid dienone is 2. The molecule has 246 valence electrons. The Bertz CT molecular complexity index is 2060. The maximum Gasteiger partial charge on any atom is 0.260 e. The maximum absolute atomic E-state index is 15.2. The van der Waals surface area contributed by atoms with Gasteiger partial charge in [-0.3, -0.25) is 29.5 Å². The van der Waals surface area contributed by atoms with Crippen LogP contribution in [0.2, 0.25) is 0 Å². The molecule has 2 saturated heterocycles.